The van der Waals surface area contributed by atoms with Crippen LogP contribution in [-0.2, 0) is 0 Å². The highest BCUT2D eigenvalue weighted by Crippen LogP contribution is 2.48. The highest BCUT2D eigenvalue weighted by Gasteiger charge is 2.38. The lowest BCUT2D eigenvalue weighted by Gasteiger charge is -2.19. The first-order chi connectivity index (χ1) is 6.29. The molecule has 3 atom stereocenters. The van der Waals surface area contributed by atoms with E-state index in [1.165, 1.54) is 25.7 Å². The summed E-state index contributed by atoms with van der Waals surface area (Å²) in [4.78, 5) is 4.36. The Bertz CT molecular complexity index is 215. The highest BCUT2D eigenvalue weighted by molar-refractivity contribution is 7.81. The van der Waals surface area contributed by atoms with Crippen molar-refractivity contribution in [3.8, 4) is 0 Å². The maximum absolute atomic E-state index is 5.62. The number of fused-ring (bicyclic) bond motifs is 2. The Morgan fingerprint density at radius 2 is 2.23 bits per heavy atom. The second-order valence-electron chi connectivity index (χ2n) is 4.43. The van der Waals surface area contributed by atoms with Gasteiger partial charge in [0.1, 0.15) is 5.84 Å². The van der Waals surface area contributed by atoms with Crippen molar-refractivity contribution in [3.63, 3.8) is 0 Å². The molecule has 2 nitrogen and oxygen atoms in total. The van der Waals surface area contributed by atoms with Crippen molar-refractivity contribution in [3.05, 3.63) is 0 Å². The molecule has 74 valence electrons. The number of hydrogen-bond acceptors (Lipinski definition) is 2. The number of rotatable bonds is 3. The Morgan fingerprint density at radius 1 is 1.38 bits per heavy atom. The summed E-state index contributed by atoms with van der Waals surface area (Å²) in [5.41, 5.74) is 5.62. The van der Waals surface area contributed by atoms with Crippen molar-refractivity contribution in [2.24, 2.45) is 28.5 Å². The zero-order chi connectivity index (χ0) is 9.26. The van der Waals surface area contributed by atoms with E-state index < -0.39 is 0 Å². The largest absolute Gasteiger partial charge is 0.387 e. The fourth-order valence-electron chi connectivity index (χ4n) is 2.88. The fourth-order valence-corrected chi connectivity index (χ4v) is 2.98. The van der Waals surface area contributed by atoms with Gasteiger partial charge in [0.05, 0.1) is 0 Å². The molecule has 2 aliphatic carbocycles. The molecular formula is C10H18N2S. The van der Waals surface area contributed by atoms with Gasteiger partial charge in [-0.2, -0.15) is 12.6 Å². The lowest BCUT2D eigenvalue weighted by Crippen LogP contribution is -2.19. The molecule has 0 amide bonds. The normalized spacial score (nSPS) is 38.5. The van der Waals surface area contributed by atoms with E-state index >= 15 is 0 Å². The Labute approximate surface area is 85.4 Å². The van der Waals surface area contributed by atoms with E-state index in [1.54, 1.807) is 0 Å². The number of nitrogens with two attached hydrogens (primary N) is 1. The molecule has 3 heteroatoms. The van der Waals surface area contributed by atoms with E-state index in [-0.39, 0.29) is 0 Å². The maximum atomic E-state index is 5.62. The SMILES string of the molecule is NC(CS)=NCC1CC2CCC1C2. The van der Waals surface area contributed by atoms with E-state index in [1.807, 2.05) is 0 Å². The molecule has 3 unspecified atom stereocenters. The van der Waals surface area contributed by atoms with Gasteiger partial charge in [-0.05, 0) is 37.0 Å². The van der Waals surface area contributed by atoms with Crippen molar-refractivity contribution < 1.29 is 0 Å². The molecule has 0 aromatic carbocycles. The van der Waals surface area contributed by atoms with Crippen LogP contribution >= 0.6 is 12.6 Å². The quantitative estimate of drug-likeness (QED) is 0.404. The van der Waals surface area contributed by atoms with Crippen molar-refractivity contribution in [1.29, 1.82) is 0 Å². The third kappa shape index (κ3) is 2.01. The molecule has 0 spiro atoms. The third-order valence-corrected chi connectivity index (χ3v) is 3.90. The molecule has 2 N–H and O–H groups in total. The van der Waals surface area contributed by atoms with Gasteiger partial charge >= 0.3 is 0 Å². The molecule has 2 saturated carbocycles. The molecule has 2 bridgehead atoms. The van der Waals surface area contributed by atoms with Gasteiger partial charge in [-0.25, -0.2) is 0 Å². The Kier molecular flexibility index (Phi) is 2.82. The predicted octanol–water partition coefficient (Wildman–Crippen LogP) is 1.71. The van der Waals surface area contributed by atoms with Crippen LogP contribution < -0.4 is 5.73 Å². The van der Waals surface area contributed by atoms with Gasteiger partial charge in [0.15, 0.2) is 0 Å². The Morgan fingerprint density at radius 3 is 2.77 bits per heavy atom. The van der Waals surface area contributed by atoms with E-state index in [4.69, 9.17) is 5.73 Å². The molecule has 0 aromatic rings. The van der Waals surface area contributed by atoms with E-state index in [2.05, 4.69) is 17.6 Å². The summed E-state index contributed by atoms with van der Waals surface area (Å²) in [5, 5.41) is 0. The average Bonchev–Trinajstić information content (AvgIpc) is 2.74. The zero-order valence-electron chi connectivity index (χ0n) is 7.95. The lowest BCUT2D eigenvalue weighted by atomic mass is 9.89. The van der Waals surface area contributed by atoms with E-state index in [0.717, 1.165) is 24.3 Å². The molecule has 13 heavy (non-hydrogen) atoms. The molecule has 2 rings (SSSR count). The number of aliphatic imine (C=N–C) groups is 1. The monoisotopic (exact) mass is 198 g/mol. The van der Waals surface area contributed by atoms with E-state index in [0.29, 0.717) is 11.6 Å². The van der Waals surface area contributed by atoms with Crippen LogP contribution in [0.4, 0.5) is 0 Å². The first kappa shape index (κ1) is 9.38. The highest BCUT2D eigenvalue weighted by atomic mass is 32.1. The third-order valence-electron chi connectivity index (χ3n) is 3.58. The summed E-state index contributed by atoms with van der Waals surface area (Å²) in [6.45, 7) is 0.952. The molecule has 2 aliphatic rings. The summed E-state index contributed by atoms with van der Waals surface area (Å²) in [6, 6.07) is 0. The zero-order valence-corrected chi connectivity index (χ0v) is 8.84. The topological polar surface area (TPSA) is 38.4 Å². The van der Waals surface area contributed by atoms with Crippen LogP contribution in [0.5, 0.6) is 0 Å². The average molecular weight is 198 g/mol. The first-order valence-corrected chi connectivity index (χ1v) is 5.82. The Hall–Kier alpha value is -0.180. The predicted molar refractivity (Wildman–Crippen MR) is 59.3 cm³/mol. The van der Waals surface area contributed by atoms with Crippen molar-refractivity contribution >= 4 is 18.5 Å². The minimum Gasteiger partial charge on any atom is -0.387 e. The Balaban J connectivity index is 1.83. The van der Waals surface area contributed by atoms with Gasteiger partial charge in [0.2, 0.25) is 0 Å². The van der Waals surface area contributed by atoms with Crippen LogP contribution in [0.3, 0.4) is 0 Å². The van der Waals surface area contributed by atoms with Crippen molar-refractivity contribution in [2.45, 2.75) is 25.7 Å². The van der Waals surface area contributed by atoms with Crippen LogP contribution in [0.1, 0.15) is 25.7 Å². The number of hydrogen-bond donors (Lipinski definition) is 2. The summed E-state index contributed by atoms with van der Waals surface area (Å²) >= 11 is 4.09. The van der Waals surface area contributed by atoms with Crippen LogP contribution in [0, 0.1) is 17.8 Å². The standard InChI is InChI=1S/C10H18N2S/c11-10(6-13)12-5-9-4-7-1-2-8(9)3-7/h7-9,13H,1-6H2,(H2,11,12). The molecule has 0 radical (unpaired) electrons. The number of nitrogens with zero attached hydrogens (tertiary/aromatic N) is 1. The maximum Gasteiger partial charge on any atom is 0.103 e. The number of amidine groups is 1. The molecule has 0 aromatic heterocycles. The van der Waals surface area contributed by atoms with Crippen LogP contribution in [0.2, 0.25) is 0 Å². The number of thiol groups is 1. The minimum atomic E-state index is 0.598. The van der Waals surface area contributed by atoms with Gasteiger partial charge in [0, 0.05) is 12.3 Å². The van der Waals surface area contributed by atoms with Crippen LogP contribution in [-0.4, -0.2) is 18.1 Å². The van der Waals surface area contributed by atoms with Gasteiger partial charge in [-0.1, -0.05) is 6.42 Å². The summed E-state index contributed by atoms with van der Waals surface area (Å²) in [5.74, 6) is 4.10. The minimum absolute atomic E-state index is 0.598. The van der Waals surface area contributed by atoms with Crippen LogP contribution in [0.15, 0.2) is 4.99 Å². The van der Waals surface area contributed by atoms with E-state index in [9.17, 15) is 0 Å². The molecule has 0 aliphatic heterocycles. The van der Waals surface area contributed by atoms with Crippen molar-refractivity contribution in [1.82, 2.24) is 0 Å². The molecule has 0 heterocycles. The molecule has 2 fully saturated rings. The van der Waals surface area contributed by atoms with Gasteiger partial charge < -0.3 is 5.73 Å². The molecular weight excluding hydrogens is 180 g/mol. The van der Waals surface area contributed by atoms with Gasteiger partial charge in [0.25, 0.3) is 0 Å². The van der Waals surface area contributed by atoms with Gasteiger partial charge in [-0.15, -0.1) is 0 Å². The second-order valence-corrected chi connectivity index (χ2v) is 4.74. The lowest BCUT2D eigenvalue weighted by molar-refractivity contribution is 0.342. The van der Waals surface area contributed by atoms with Crippen molar-refractivity contribution in [2.75, 3.05) is 12.3 Å². The summed E-state index contributed by atoms with van der Waals surface area (Å²) in [6.07, 6.45) is 5.76. The first-order valence-electron chi connectivity index (χ1n) is 5.19. The van der Waals surface area contributed by atoms with Gasteiger partial charge in [-0.3, -0.25) is 4.99 Å². The second kappa shape index (κ2) is 3.91. The smallest absolute Gasteiger partial charge is 0.103 e. The summed E-state index contributed by atoms with van der Waals surface area (Å²) < 4.78 is 0. The van der Waals surface area contributed by atoms with Crippen LogP contribution in [0.25, 0.3) is 0 Å². The fraction of sp³-hybridized carbons (Fsp3) is 0.900. The summed E-state index contributed by atoms with van der Waals surface area (Å²) in [7, 11) is 0. The molecule has 0 saturated heterocycles.